The topological polar surface area (TPSA) is 53.5 Å². The van der Waals surface area contributed by atoms with E-state index in [9.17, 15) is 8.42 Å². The van der Waals surface area contributed by atoms with Gasteiger partial charge in [0.15, 0.2) is 5.13 Å². The molecular weight excluding hydrogens is 402 g/mol. The van der Waals surface area contributed by atoms with Crippen LogP contribution in [0.15, 0.2) is 41.3 Å². The van der Waals surface area contributed by atoms with Gasteiger partial charge in [0.05, 0.1) is 15.1 Å². The Labute approximate surface area is 168 Å². The average molecular weight is 422 g/mol. The summed E-state index contributed by atoms with van der Waals surface area (Å²) in [6, 6.07) is 10.6. The molecule has 0 bridgehead atoms. The summed E-state index contributed by atoms with van der Waals surface area (Å²) in [5.74, 6) is 0. The number of nitrogens with zero attached hydrogens (tertiary/aromatic N) is 3. The Morgan fingerprint density at radius 2 is 1.67 bits per heavy atom. The SMILES string of the molecule is Cc1ccc2sc(N3CCN(S(=O)(=O)c4ccc(Cl)cc4)CC3)nc2c1C. The lowest BCUT2D eigenvalue weighted by Gasteiger charge is -2.33. The molecule has 0 aliphatic carbocycles. The van der Waals surface area contributed by atoms with E-state index in [1.54, 1.807) is 35.6 Å². The molecule has 0 N–H and O–H groups in total. The molecule has 0 unspecified atom stereocenters. The molecule has 1 aliphatic rings. The smallest absolute Gasteiger partial charge is 0.243 e. The van der Waals surface area contributed by atoms with Gasteiger partial charge >= 0.3 is 0 Å². The first-order valence-corrected chi connectivity index (χ1v) is 11.4. The van der Waals surface area contributed by atoms with Crippen molar-refractivity contribution >= 4 is 48.3 Å². The standard InChI is InChI=1S/C19H20ClN3O2S2/c1-13-3-8-17-18(14(13)2)21-19(26-17)22-9-11-23(12-10-22)27(24,25)16-6-4-15(20)5-7-16/h3-8H,9-12H2,1-2H3. The summed E-state index contributed by atoms with van der Waals surface area (Å²) >= 11 is 7.53. The minimum absolute atomic E-state index is 0.284. The monoisotopic (exact) mass is 421 g/mol. The van der Waals surface area contributed by atoms with E-state index in [4.69, 9.17) is 16.6 Å². The van der Waals surface area contributed by atoms with Crippen molar-refractivity contribution in [2.75, 3.05) is 31.1 Å². The van der Waals surface area contributed by atoms with Gasteiger partial charge in [-0.15, -0.1) is 0 Å². The third kappa shape index (κ3) is 3.45. The van der Waals surface area contributed by atoms with Crippen LogP contribution >= 0.6 is 22.9 Å². The first kappa shape index (κ1) is 18.7. The summed E-state index contributed by atoms with van der Waals surface area (Å²) in [6.07, 6.45) is 0. The van der Waals surface area contributed by atoms with Gasteiger partial charge in [-0.05, 0) is 55.3 Å². The number of thiazole rings is 1. The van der Waals surface area contributed by atoms with Gasteiger partial charge in [0.25, 0.3) is 0 Å². The molecule has 142 valence electrons. The number of hydrogen-bond donors (Lipinski definition) is 0. The second-order valence-corrected chi connectivity index (χ2v) is 10.1. The van der Waals surface area contributed by atoms with Crippen molar-refractivity contribution in [3.8, 4) is 0 Å². The molecule has 2 aromatic carbocycles. The Balaban J connectivity index is 1.52. The highest BCUT2D eigenvalue weighted by molar-refractivity contribution is 7.89. The highest BCUT2D eigenvalue weighted by Crippen LogP contribution is 2.32. The van der Waals surface area contributed by atoms with E-state index in [0.717, 1.165) is 10.6 Å². The van der Waals surface area contributed by atoms with Crippen LogP contribution in [0.2, 0.25) is 5.02 Å². The van der Waals surface area contributed by atoms with Crippen molar-refractivity contribution in [3.63, 3.8) is 0 Å². The van der Waals surface area contributed by atoms with Crippen molar-refractivity contribution < 1.29 is 8.42 Å². The molecule has 0 atom stereocenters. The quantitative estimate of drug-likeness (QED) is 0.639. The second-order valence-electron chi connectivity index (χ2n) is 6.70. The molecule has 8 heteroatoms. The zero-order valence-electron chi connectivity index (χ0n) is 15.1. The van der Waals surface area contributed by atoms with Crippen LogP contribution in [0.5, 0.6) is 0 Å². The molecule has 5 nitrogen and oxygen atoms in total. The second kappa shape index (κ2) is 7.05. The highest BCUT2D eigenvalue weighted by Gasteiger charge is 2.29. The summed E-state index contributed by atoms with van der Waals surface area (Å²) in [5.41, 5.74) is 3.49. The van der Waals surface area contributed by atoms with Gasteiger partial charge in [0, 0.05) is 31.2 Å². The molecule has 27 heavy (non-hydrogen) atoms. The minimum atomic E-state index is -3.49. The minimum Gasteiger partial charge on any atom is -0.345 e. The van der Waals surface area contributed by atoms with Gasteiger partial charge in [0.1, 0.15) is 0 Å². The van der Waals surface area contributed by atoms with Crippen LogP contribution in [0.4, 0.5) is 5.13 Å². The van der Waals surface area contributed by atoms with E-state index >= 15 is 0 Å². The number of fused-ring (bicyclic) bond motifs is 1. The summed E-state index contributed by atoms with van der Waals surface area (Å²) in [6.45, 7) is 6.33. The Hall–Kier alpha value is -1.67. The van der Waals surface area contributed by atoms with Gasteiger partial charge in [-0.3, -0.25) is 0 Å². The van der Waals surface area contributed by atoms with E-state index in [1.807, 2.05) is 0 Å². The van der Waals surface area contributed by atoms with Crippen LogP contribution in [-0.2, 0) is 10.0 Å². The third-order valence-corrected chi connectivity index (χ3v) is 8.28. The molecular formula is C19H20ClN3O2S2. The predicted octanol–water partition coefficient (Wildman–Crippen LogP) is 4.08. The first-order chi connectivity index (χ1) is 12.9. The Morgan fingerprint density at radius 3 is 2.33 bits per heavy atom. The van der Waals surface area contributed by atoms with Crippen LogP contribution in [0, 0.1) is 13.8 Å². The Kier molecular flexibility index (Phi) is 4.88. The maximum Gasteiger partial charge on any atom is 0.243 e. The van der Waals surface area contributed by atoms with E-state index in [2.05, 4.69) is 30.9 Å². The fourth-order valence-electron chi connectivity index (χ4n) is 3.22. The lowest BCUT2D eigenvalue weighted by atomic mass is 10.1. The fraction of sp³-hybridized carbons (Fsp3) is 0.316. The van der Waals surface area contributed by atoms with Crippen molar-refractivity contribution in [2.24, 2.45) is 0 Å². The van der Waals surface area contributed by atoms with Gasteiger partial charge in [0.2, 0.25) is 10.0 Å². The maximum absolute atomic E-state index is 12.8. The lowest BCUT2D eigenvalue weighted by Crippen LogP contribution is -2.48. The number of benzene rings is 2. The maximum atomic E-state index is 12.8. The summed E-state index contributed by atoms with van der Waals surface area (Å²) < 4.78 is 28.3. The fourth-order valence-corrected chi connectivity index (χ4v) is 5.85. The largest absolute Gasteiger partial charge is 0.345 e. The van der Waals surface area contributed by atoms with Crippen molar-refractivity contribution in [1.29, 1.82) is 0 Å². The summed E-state index contributed by atoms with van der Waals surface area (Å²) in [7, 11) is -3.49. The van der Waals surface area contributed by atoms with Crippen LogP contribution in [0.1, 0.15) is 11.1 Å². The molecule has 0 radical (unpaired) electrons. The van der Waals surface area contributed by atoms with Gasteiger partial charge in [-0.1, -0.05) is 29.0 Å². The number of anilines is 1. The van der Waals surface area contributed by atoms with Crippen molar-refractivity contribution in [1.82, 2.24) is 9.29 Å². The lowest BCUT2D eigenvalue weighted by molar-refractivity contribution is 0.385. The van der Waals surface area contributed by atoms with Crippen LogP contribution in [0.25, 0.3) is 10.2 Å². The number of halogens is 1. The molecule has 3 aromatic rings. The highest BCUT2D eigenvalue weighted by atomic mass is 35.5. The van der Waals surface area contributed by atoms with E-state index in [1.165, 1.54) is 20.1 Å². The molecule has 0 amide bonds. The molecule has 4 rings (SSSR count). The van der Waals surface area contributed by atoms with E-state index < -0.39 is 10.0 Å². The molecule has 1 aliphatic heterocycles. The molecule has 1 fully saturated rings. The molecule has 0 saturated carbocycles. The zero-order chi connectivity index (χ0) is 19.2. The third-order valence-electron chi connectivity index (χ3n) is 5.03. The Bertz CT molecular complexity index is 1090. The number of hydrogen-bond acceptors (Lipinski definition) is 5. The Morgan fingerprint density at radius 1 is 1.00 bits per heavy atom. The molecule has 0 spiro atoms. The van der Waals surface area contributed by atoms with Crippen LogP contribution in [-0.4, -0.2) is 43.9 Å². The van der Waals surface area contributed by atoms with E-state index in [0.29, 0.717) is 31.2 Å². The van der Waals surface area contributed by atoms with Crippen molar-refractivity contribution in [2.45, 2.75) is 18.7 Å². The number of sulfonamides is 1. The van der Waals surface area contributed by atoms with Crippen LogP contribution < -0.4 is 4.90 Å². The number of aryl methyl sites for hydroxylation is 2. The van der Waals surface area contributed by atoms with Gasteiger partial charge < -0.3 is 4.90 Å². The number of aromatic nitrogens is 1. The van der Waals surface area contributed by atoms with Crippen molar-refractivity contribution in [3.05, 3.63) is 52.5 Å². The molecule has 2 heterocycles. The number of rotatable bonds is 3. The van der Waals surface area contributed by atoms with E-state index in [-0.39, 0.29) is 4.90 Å². The van der Waals surface area contributed by atoms with Gasteiger partial charge in [-0.25, -0.2) is 13.4 Å². The normalized spacial score (nSPS) is 16.2. The molecule has 1 aromatic heterocycles. The van der Waals surface area contributed by atoms with Gasteiger partial charge in [-0.2, -0.15) is 4.31 Å². The molecule has 1 saturated heterocycles. The zero-order valence-corrected chi connectivity index (χ0v) is 17.5. The first-order valence-electron chi connectivity index (χ1n) is 8.74. The predicted molar refractivity (Wildman–Crippen MR) is 112 cm³/mol. The van der Waals surface area contributed by atoms with Crippen LogP contribution in [0.3, 0.4) is 0 Å². The summed E-state index contributed by atoms with van der Waals surface area (Å²) in [5, 5.41) is 1.49. The summed E-state index contributed by atoms with van der Waals surface area (Å²) in [4.78, 5) is 7.27. The number of piperazine rings is 1. The average Bonchev–Trinajstić information content (AvgIpc) is 3.10.